The van der Waals surface area contributed by atoms with E-state index in [0.717, 1.165) is 18.4 Å². The monoisotopic (exact) mass is 552 g/mol. The van der Waals surface area contributed by atoms with Gasteiger partial charge in [0.2, 0.25) is 5.89 Å². The maximum atomic E-state index is 13.9. The zero-order valence-corrected chi connectivity index (χ0v) is 23.1. The van der Waals surface area contributed by atoms with Crippen LogP contribution in [0.3, 0.4) is 0 Å². The minimum atomic E-state index is -3.82. The number of hydrogen-bond acceptors (Lipinski definition) is 7. The summed E-state index contributed by atoms with van der Waals surface area (Å²) in [6, 6.07) is 19.7. The molecule has 10 heteroatoms. The summed E-state index contributed by atoms with van der Waals surface area (Å²) in [4.78, 5) is 16.8. The molecule has 39 heavy (non-hydrogen) atoms. The highest BCUT2D eigenvalue weighted by molar-refractivity contribution is 7.86. The fourth-order valence-corrected chi connectivity index (χ4v) is 7.42. The quantitative estimate of drug-likeness (QED) is 0.345. The van der Waals surface area contributed by atoms with E-state index in [2.05, 4.69) is 22.3 Å². The van der Waals surface area contributed by atoms with Gasteiger partial charge in [0.1, 0.15) is 6.04 Å². The molecule has 2 saturated heterocycles. The highest BCUT2D eigenvalue weighted by atomic mass is 32.2. The summed E-state index contributed by atoms with van der Waals surface area (Å²) in [6.45, 7) is 2.99. The van der Waals surface area contributed by atoms with Crippen LogP contribution in [0.1, 0.15) is 67.4 Å². The minimum Gasteiger partial charge on any atom is -0.466 e. The molecule has 208 valence electrons. The number of nitrogens with zero attached hydrogens (tertiary/aromatic N) is 4. The summed E-state index contributed by atoms with van der Waals surface area (Å²) in [5, 5.41) is 4.19. The Bertz CT molecular complexity index is 1320. The first-order chi connectivity index (χ1) is 19.0. The average molecular weight is 553 g/mol. The lowest BCUT2D eigenvalue weighted by Gasteiger charge is -2.34. The van der Waals surface area contributed by atoms with E-state index in [9.17, 15) is 13.2 Å². The lowest BCUT2D eigenvalue weighted by molar-refractivity contribution is -0.149. The van der Waals surface area contributed by atoms with Crippen LogP contribution in [0.25, 0.3) is 0 Å². The standard InChI is InChI=1S/C29H36N4O5S/c1-2-37-29(34)24-16-18-32(19-17-24)39(35,36)33-21-25(23-13-7-4-8-14-23)20-26(33)28-30-27(31-38-28)15-9-12-22-10-5-3-6-11-22/h3-8,10-11,13-14,24-26H,2,9,12,15-21H2,1H3/t25-,26+/m1/s1. The number of benzene rings is 2. The molecule has 0 bridgehead atoms. The molecule has 1 aromatic heterocycles. The van der Waals surface area contributed by atoms with E-state index in [4.69, 9.17) is 9.26 Å². The summed E-state index contributed by atoms with van der Waals surface area (Å²) in [5.41, 5.74) is 2.34. The molecule has 2 atom stereocenters. The second-order valence-electron chi connectivity index (χ2n) is 10.2. The molecule has 3 heterocycles. The van der Waals surface area contributed by atoms with Gasteiger partial charge in [-0.15, -0.1) is 0 Å². The number of carbonyl (C=O) groups excluding carboxylic acids is 1. The van der Waals surface area contributed by atoms with E-state index in [0.29, 0.717) is 50.6 Å². The van der Waals surface area contributed by atoms with Crippen LogP contribution in [0.2, 0.25) is 0 Å². The molecule has 3 aromatic rings. The van der Waals surface area contributed by atoms with Crippen molar-refractivity contribution in [3.8, 4) is 0 Å². The van der Waals surface area contributed by atoms with Gasteiger partial charge in [-0.1, -0.05) is 65.8 Å². The summed E-state index contributed by atoms with van der Waals surface area (Å²) in [5.74, 6) is 0.432. The fraction of sp³-hybridized carbons (Fsp3) is 0.483. The molecule has 0 N–H and O–H groups in total. The van der Waals surface area contributed by atoms with Crippen molar-refractivity contribution in [2.75, 3.05) is 26.2 Å². The lowest BCUT2D eigenvalue weighted by Crippen LogP contribution is -2.48. The topological polar surface area (TPSA) is 106 Å². The van der Waals surface area contributed by atoms with Crippen LogP contribution in [0.5, 0.6) is 0 Å². The first-order valence-corrected chi connectivity index (χ1v) is 15.2. The summed E-state index contributed by atoms with van der Waals surface area (Å²) in [7, 11) is -3.82. The van der Waals surface area contributed by atoms with Crippen molar-refractivity contribution in [1.29, 1.82) is 0 Å². The average Bonchev–Trinajstić information content (AvgIpc) is 3.62. The molecule has 5 rings (SSSR count). The molecular weight excluding hydrogens is 516 g/mol. The molecular formula is C29H36N4O5S. The van der Waals surface area contributed by atoms with Gasteiger partial charge in [-0.3, -0.25) is 4.79 Å². The van der Waals surface area contributed by atoms with Crippen molar-refractivity contribution in [2.24, 2.45) is 5.92 Å². The molecule has 0 aliphatic carbocycles. The second kappa shape index (κ2) is 12.4. The molecule has 0 saturated carbocycles. The van der Waals surface area contributed by atoms with Gasteiger partial charge in [0.05, 0.1) is 12.5 Å². The van der Waals surface area contributed by atoms with Crippen LogP contribution in [-0.4, -0.2) is 59.4 Å². The summed E-state index contributed by atoms with van der Waals surface area (Å²) >= 11 is 0. The lowest BCUT2D eigenvalue weighted by atomic mass is 9.96. The van der Waals surface area contributed by atoms with Crippen molar-refractivity contribution in [2.45, 2.75) is 57.4 Å². The highest BCUT2D eigenvalue weighted by Crippen LogP contribution is 2.42. The smallest absolute Gasteiger partial charge is 0.309 e. The van der Waals surface area contributed by atoms with Crippen LogP contribution in [0.4, 0.5) is 0 Å². The highest BCUT2D eigenvalue weighted by Gasteiger charge is 2.46. The number of aryl methyl sites for hydroxylation is 2. The van der Waals surface area contributed by atoms with E-state index in [-0.39, 0.29) is 30.9 Å². The fourth-order valence-electron chi connectivity index (χ4n) is 5.58. The van der Waals surface area contributed by atoms with Gasteiger partial charge in [-0.2, -0.15) is 22.0 Å². The summed E-state index contributed by atoms with van der Waals surface area (Å²) in [6.07, 6.45) is 3.90. The third kappa shape index (κ3) is 6.40. The van der Waals surface area contributed by atoms with Crippen molar-refractivity contribution in [3.05, 3.63) is 83.5 Å². The SMILES string of the molecule is CCOC(=O)C1CCN(S(=O)(=O)N2C[C@H](c3ccccc3)C[C@H]2c2nc(CCCc3ccccc3)no2)CC1. The van der Waals surface area contributed by atoms with Crippen LogP contribution in [0, 0.1) is 5.92 Å². The zero-order valence-electron chi connectivity index (χ0n) is 22.3. The molecule has 0 amide bonds. The van der Waals surface area contributed by atoms with Crippen molar-refractivity contribution >= 4 is 16.2 Å². The Morgan fingerprint density at radius 1 is 1.03 bits per heavy atom. The minimum absolute atomic E-state index is 0.0106. The van der Waals surface area contributed by atoms with Crippen molar-refractivity contribution < 1.29 is 22.5 Å². The number of hydrogen-bond donors (Lipinski definition) is 0. The number of carbonyl (C=O) groups is 1. The van der Waals surface area contributed by atoms with Gasteiger partial charge in [0.25, 0.3) is 10.2 Å². The molecule has 0 spiro atoms. The van der Waals surface area contributed by atoms with Crippen molar-refractivity contribution in [1.82, 2.24) is 18.8 Å². The molecule has 2 aromatic carbocycles. The summed E-state index contributed by atoms with van der Waals surface area (Å²) < 4.78 is 41.7. The van der Waals surface area contributed by atoms with Gasteiger partial charge in [-0.05, 0) is 56.1 Å². The third-order valence-electron chi connectivity index (χ3n) is 7.70. The van der Waals surface area contributed by atoms with Crippen LogP contribution in [0.15, 0.2) is 65.2 Å². The van der Waals surface area contributed by atoms with E-state index in [1.807, 2.05) is 48.5 Å². The molecule has 0 radical (unpaired) electrons. The Morgan fingerprint density at radius 2 is 1.72 bits per heavy atom. The van der Waals surface area contributed by atoms with Gasteiger partial charge in [0, 0.05) is 26.1 Å². The van der Waals surface area contributed by atoms with Crippen molar-refractivity contribution in [3.63, 3.8) is 0 Å². The van der Waals surface area contributed by atoms with E-state index in [1.54, 1.807) is 6.92 Å². The first-order valence-electron chi connectivity index (χ1n) is 13.8. The number of piperidine rings is 1. The maximum Gasteiger partial charge on any atom is 0.309 e. The second-order valence-corrected chi connectivity index (χ2v) is 12.1. The predicted molar refractivity (Wildman–Crippen MR) is 146 cm³/mol. The van der Waals surface area contributed by atoms with Gasteiger partial charge < -0.3 is 9.26 Å². The van der Waals surface area contributed by atoms with Crippen LogP contribution >= 0.6 is 0 Å². The van der Waals surface area contributed by atoms with E-state index < -0.39 is 16.3 Å². The number of ether oxygens (including phenoxy) is 1. The third-order valence-corrected chi connectivity index (χ3v) is 9.71. The molecule has 0 unspecified atom stereocenters. The Balaban J connectivity index is 1.31. The van der Waals surface area contributed by atoms with Crippen LogP contribution in [-0.2, 0) is 32.6 Å². The van der Waals surface area contributed by atoms with Gasteiger partial charge in [0.15, 0.2) is 5.82 Å². The maximum absolute atomic E-state index is 13.9. The number of aromatic nitrogens is 2. The van der Waals surface area contributed by atoms with Gasteiger partial charge in [-0.25, -0.2) is 0 Å². The number of esters is 1. The van der Waals surface area contributed by atoms with E-state index >= 15 is 0 Å². The number of rotatable bonds is 10. The Hall–Kier alpha value is -3.08. The molecule has 9 nitrogen and oxygen atoms in total. The Kier molecular flexibility index (Phi) is 8.74. The van der Waals surface area contributed by atoms with Gasteiger partial charge >= 0.3 is 5.97 Å². The first kappa shape index (κ1) is 27.5. The van der Waals surface area contributed by atoms with Crippen LogP contribution < -0.4 is 0 Å². The Morgan fingerprint density at radius 3 is 2.41 bits per heavy atom. The largest absolute Gasteiger partial charge is 0.466 e. The van der Waals surface area contributed by atoms with E-state index in [1.165, 1.54) is 14.2 Å². The zero-order chi connectivity index (χ0) is 27.2. The Labute approximate surface area is 230 Å². The predicted octanol–water partition coefficient (Wildman–Crippen LogP) is 4.30. The normalized spacial score (nSPS) is 21.3. The molecule has 2 aliphatic heterocycles. The molecule has 2 aliphatic rings. The molecule has 2 fully saturated rings.